The van der Waals surface area contributed by atoms with Crippen LogP contribution in [0.5, 0.6) is 0 Å². The van der Waals surface area contributed by atoms with E-state index in [0.717, 1.165) is 12.2 Å². The van der Waals surface area contributed by atoms with Crippen LogP contribution in [0.3, 0.4) is 0 Å². The van der Waals surface area contributed by atoms with Gasteiger partial charge >= 0.3 is 0 Å². The summed E-state index contributed by atoms with van der Waals surface area (Å²) in [5.41, 5.74) is 0. The van der Waals surface area contributed by atoms with Crippen molar-refractivity contribution in [2.75, 3.05) is 0 Å². The fourth-order valence-electron chi connectivity index (χ4n) is 0.546. The molecule has 1 heterocycles. The summed E-state index contributed by atoms with van der Waals surface area (Å²) >= 11 is 0. The summed E-state index contributed by atoms with van der Waals surface area (Å²) in [5, 5.41) is 0. The minimum Gasteiger partial charge on any atom is -0.348 e. The Morgan fingerprint density at radius 3 is 2.80 bits per heavy atom. The Balaban J connectivity index is 0. The first-order valence-electron chi connectivity index (χ1n) is 2.52. The van der Waals surface area contributed by atoms with Gasteiger partial charge in [0.1, 0.15) is 5.82 Å². The van der Waals surface area contributed by atoms with Gasteiger partial charge in [0.2, 0.25) is 0 Å². The lowest BCUT2D eigenvalue weighted by Crippen LogP contribution is -1.80. The largest absolute Gasteiger partial charge is 0.348 e. The van der Waals surface area contributed by atoms with Crippen LogP contribution in [0, 0.1) is 0 Å². The number of nitrogens with zero attached hydrogens (tertiary/aromatic N) is 1. The molecular weight excluding hydrogens is 150 g/mol. The van der Waals surface area contributed by atoms with Gasteiger partial charge in [0.15, 0.2) is 0 Å². The Labute approximate surface area is 62.7 Å². The van der Waals surface area contributed by atoms with Crippen LogP contribution < -0.4 is 0 Å². The fourth-order valence-corrected chi connectivity index (χ4v) is 0.546. The van der Waals surface area contributed by atoms with Gasteiger partial charge in [-0.25, -0.2) is 4.98 Å². The van der Waals surface area contributed by atoms with Crippen molar-refractivity contribution in [3.05, 3.63) is 30.9 Å². The van der Waals surface area contributed by atoms with E-state index in [9.17, 15) is 0 Å². The van der Waals surface area contributed by atoms with E-state index in [1.54, 1.807) is 12.4 Å². The lowest BCUT2D eigenvalue weighted by Gasteiger charge is -1.82. The zero-order valence-corrected chi connectivity index (χ0v) is 7.12. The average molecular weight is 162 g/mol. The lowest BCUT2D eigenvalue weighted by molar-refractivity contribution is 1.06. The van der Waals surface area contributed by atoms with Crippen LogP contribution in [-0.4, -0.2) is 9.97 Å². The summed E-state index contributed by atoms with van der Waals surface area (Å²) in [6, 6.07) is 0. The maximum absolute atomic E-state index is 3.98. The Kier molecular flexibility index (Phi) is 7.74. The summed E-state index contributed by atoms with van der Waals surface area (Å²) in [6.07, 6.45) is 6.18. The van der Waals surface area contributed by atoms with Crippen molar-refractivity contribution in [1.82, 2.24) is 9.97 Å². The van der Waals surface area contributed by atoms with Crippen molar-refractivity contribution < 1.29 is 4.70 Å². The third-order valence-electron chi connectivity index (χ3n) is 0.893. The second kappa shape index (κ2) is 6.43. The number of H-pyrrole nitrogens is 1. The van der Waals surface area contributed by atoms with Crippen LogP contribution in [0.25, 0.3) is 0 Å². The second-order valence-corrected chi connectivity index (χ2v) is 1.53. The molecule has 1 aromatic rings. The van der Waals surface area contributed by atoms with Crippen molar-refractivity contribution in [2.24, 2.45) is 0 Å². The highest BCUT2D eigenvalue weighted by Gasteiger charge is 1.85. The predicted octanol–water partition coefficient (Wildman–Crippen LogP) is 1.35. The molecule has 0 fully saturated rings. The molecule has 1 N–H and O–H groups in total. The molecule has 1 atom stereocenters. The molecule has 1 unspecified atom stereocenters. The van der Waals surface area contributed by atoms with Crippen LogP contribution >= 0.6 is 9.90 Å². The van der Waals surface area contributed by atoms with E-state index in [1.165, 1.54) is 0 Å². The smallest absolute Gasteiger partial charge is 0.109 e. The van der Waals surface area contributed by atoms with Crippen molar-refractivity contribution in [3.63, 3.8) is 0 Å². The van der Waals surface area contributed by atoms with E-state index in [4.69, 9.17) is 0 Å². The van der Waals surface area contributed by atoms with E-state index in [1.807, 2.05) is 6.08 Å². The van der Waals surface area contributed by atoms with Gasteiger partial charge in [-0.1, -0.05) is 6.08 Å². The summed E-state index contributed by atoms with van der Waals surface area (Å²) in [4.78, 5) is 6.93. The number of rotatable bonds is 2. The van der Waals surface area contributed by atoms with Gasteiger partial charge in [0.25, 0.3) is 0 Å². The maximum atomic E-state index is 3.98. The average Bonchev–Trinajstić information content (AvgIpc) is 2.19. The molecule has 1 rings (SSSR count). The van der Waals surface area contributed by atoms with Crippen LogP contribution in [-0.2, 0) is 6.42 Å². The van der Waals surface area contributed by atoms with E-state index in [0.29, 0.717) is 0 Å². The molecule has 0 aliphatic heterocycles. The van der Waals surface area contributed by atoms with E-state index in [-0.39, 0.29) is 14.6 Å². The highest BCUT2D eigenvalue weighted by atomic mass is 31.0. The zero-order chi connectivity index (χ0) is 5.82. The standard InChI is InChI=1S/C6H8N2.FH.H3P/c1-2-3-6-7-4-5-8-6;;/h2,4-5H,1,3H2,(H,7,8);1H;1H3. The molecular formula is C6H12FN2P. The Morgan fingerprint density at radius 2 is 2.40 bits per heavy atom. The highest BCUT2D eigenvalue weighted by molar-refractivity contribution is 6.92. The molecule has 0 bridgehead atoms. The second-order valence-electron chi connectivity index (χ2n) is 1.53. The topological polar surface area (TPSA) is 28.7 Å². The molecule has 2 nitrogen and oxygen atoms in total. The fraction of sp³-hybridized carbons (Fsp3) is 0.167. The first kappa shape index (κ1) is 12.0. The van der Waals surface area contributed by atoms with Crippen LogP contribution in [0.2, 0.25) is 0 Å². The van der Waals surface area contributed by atoms with Gasteiger partial charge < -0.3 is 4.98 Å². The molecule has 1 aromatic heterocycles. The first-order valence-corrected chi connectivity index (χ1v) is 2.52. The van der Waals surface area contributed by atoms with Gasteiger partial charge in [-0.15, -0.1) is 6.58 Å². The van der Waals surface area contributed by atoms with E-state index < -0.39 is 0 Å². The van der Waals surface area contributed by atoms with Crippen molar-refractivity contribution >= 4 is 9.90 Å². The van der Waals surface area contributed by atoms with Crippen molar-refractivity contribution in [3.8, 4) is 0 Å². The number of halogens is 1. The van der Waals surface area contributed by atoms with Gasteiger partial charge in [-0.05, 0) is 0 Å². The predicted molar refractivity (Wildman–Crippen MR) is 46.1 cm³/mol. The molecule has 0 aliphatic rings. The summed E-state index contributed by atoms with van der Waals surface area (Å²) in [6.45, 7) is 3.58. The number of allylic oxidation sites excluding steroid dienone is 1. The Hall–Kier alpha value is -0.690. The van der Waals surface area contributed by atoms with Gasteiger partial charge in [-0.2, -0.15) is 9.90 Å². The molecule has 10 heavy (non-hydrogen) atoms. The molecule has 4 heteroatoms. The van der Waals surface area contributed by atoms with Crippen LogP contribution in [0.4, 0.5) is 4.70 Å². The Morgan fingerprint density at radius 1 is 1.70 bits per heavy atom. The minimum atomic E-state index is 0. The highest BCUT2D eigenvalue weighted by Crippen LogP contribution is 1.88. The summed E-state index contributed by atoms with van der Waals surface area (Å²) in [7, 11) is 0. The quantitative estimate of drug-likeness (QED) is 0.516. The monoisotopic (exact) mass is 162 g/mol. The van der Waals surface area contributed by atoms with Gasteiger partial charge in [-0.3, -0.25) is 4.70 Å². The first-order chi connectivity index (χ1) is 3.93. The van der Waals surface area contributed by atoms with E-state index in [2.05, 4.69) is 16.5 Å². The number of imidazole rings is 1. The third kappa shape index (κ3) is 3.36. The number of nitrogens with one attached hydrogen (secondary N) is 1. The molecule has 0 saturated carbocycles. The van der Waals surface area contributed by atoms with Gasteiger partial charge in [0.05, 0.1) is 0 Å². The lowest BCUT2D eigenvalue weighted by atomic mass is 10.4. The number of hydrogen-bond acceptors (Lipinski definition) is 1. The third-order valence-corrected chi connectivity index (χ3v) is 0.893. The number of aromatic nitrogens is 2. The Bertz CT molecular complexity index is 162. The van der Waals surface area contributed by atoms with Crippen LogP contribution in [0.15, 0.2) is 25.0 Å². The van der Waals surface area contributed by atoms with Crippen LogP contribution in [0.1, 0.15) is 5.82 Å². The molecule has 0 radical (unpaired) electrons. The van der Waals surface area contributed by atoms with Crippen molar-refractivity contribution in [1.29, 1.82) is 0 Å². The summed E-state index contributed by atoms with van der Waals surface area (Å²) in [5.74, 6) is 0.972. The normalized spacial score (nSPS) is 7.20. The molecule has 0 aliphatic carbocycles. The maximum Gasteiger partial charge on any atom is 0.109 e. The SMILES string of the molecule is C=CCc1ncc[nH]1.F.P. The van der Waals surface area contributed by atoms with E-state index >= 15 is 0 Å². The zero-order valence-electron chi connectivity index (χ0n) is 5.71. The molecule has 58 valence electrons. The molecule has 0 amide bonds. The molecule has 0 spiro atoms. The number of hydrogen-bond donors (Lipinski definition) is 1. The summed E-state index contributed by atoms with van der Waals surface area (Å²) < 4.78 is 0. The molecule has 0 saturated heterocycles. The van der Waals surface area contributed by atoms with Crippen molar-refractivity contribution in [2.45, 2.75) is 6.42 Å². The van der Waals surface area contributed by atoms with Gasteiger partial charge in [0, 0.05) is 18.8 Å². The minimum absolute atomic E-state index is 0. The molecule has 0 aromatic carbocycles. The number of aromatic amines is 1.